The van der Waals surface area contributed by atoms with Gasteiger partial charge in [0, 0.05) is 18.0 Å². The zero-order valence-corrected chi connectivity index (χ0v) is 11.3. The fraction of sp³-hybridized carbons (Fsp3) is 0.533. The summed E-state index contributed by atoms with van der Waals surface area (Å²) in [5.41, 5.74) is 0.749. The van der Waals surface area contributed by atoms with Crippen molar-refractivity contribution in [1.82, 2.24) is 4.90 Å². The van der Waals surface area contributed by atoms with E-state index in [1.165, 1.54) is 12.8 Å². The average molecular weight is 263 g/mol. The molecule has 0 radical (unpaired) electrons. The van der Waals surface area contributed by atoms with E-state index in [0.29, 0.717) is 18.3 Å². The number of piperidine rings is 1. The molecule has 104 valence electrons. The van der Waals surface area contributed by atoms with E-state index in [4.69, 9.17) is 9.84 Å². The summed E-state index contributed by atoms with van der Waals surface area (Å²) in [6.45, 7) is 2.88. The molecule has 19 heavy (non-hydrogen) atoms. The smallest absolute Gasteiger partial charge is 0.307 e. The van der Waals surface area contributed by atoms with Gasteiger partial charge in [-0.2, -0.15) is 0 Å². The van der Waals surface area contributed by atoms with Crippen molar-refractivity contribution in [2.24, 2.45) is 5.92 Å². The number of carboxylic acids is 1. The highest BCUT2D eigenvalue weighted by Crippen LogP contribution is 2.21. The number of aliphatic carboxylic acids is 1. The van der Waals surface area contributed by atoms with Crippen LogP contribution in [0.25, 0.3) is 0 Å². The van der Waals surface area contributed by atoms with Crippen molar-refractivity contribution in [3.05, 3.63) is 29.8 Å². The Morgan fingerprint density at radius 1 is 1.47 bits per heavy atom. The molecule has 1 aromatic rings. The van der Waals surface area contributed by atoms with Crippen molar-refractivity contribution in [3.63, 3.8) is 0 Å². The summed E-state index contributed by atoms with van der Waals surface area (Å²) < 4.78 is 5.84. The largest absolute Gasteiger partial charge is 0.493 e. The lowest BCUT2D eigenvalue weighted by molar-refractivity contribution is -0.136. The van der Waals surface area contributed by atoms with Gasteiger partial charge in [-0.15, -0.1) is 0 Å². The van der Waals surface area contributed by atoms with Crippen LogP contribution in [-0.2, 0) is 11.2 Å². The van der Waals surface area contributed by atoms with Gasteiger partial charge in [-0.1, -0.05) is 18.2 Å². The molecule has 4 nitrogen and oxygen atoms in total. The van der Waals surface area contributed by atoms with Gasteiger partial charge in [0.05, 0.1) is 13.0 Å². The molecule has 0 aliphatic carbocycles. The third-order valence-electron chi connectivity index (χ3n) is 3.51. The standard InChI is InChI=1S/C15H21NO3/c1-16-8-4-5-12(10-16)11-19-14-7-3-2-6-13(14)9-15(17)18/h2-3,6-7,12H,4-5,8-11H2,1H3,(H,17,18). The molecule has 0 saturated carbocycles. The van der Waals surface area contributed by atoms with Crippen LogP contribution in [0.1, 0.15) is 18.4 Å². The number of para-hydroxylation sites is 1. The molecule has 0 bridgehead atoms. The van der Waals surface area contributed by atoms with Gasteiger partial charge in [-0.25, -0.2) is 0 Å². The maximum atomic E-state index is 10.8. The van der Waals surface area contributed by atoms with Gasteiger partial charge in [0.15, 0.2) is 0 Å². The number of rotatable bonds is 5. The molecule has 0 spiro atoms. The molecule has 1 N–H and O–H groups in total. The second-order valence-corrected chi connectivity index (χ2v) is 5.26. The zero-order valence-electron chi connectivity index (χ0n) is 11.3. The molecule has 4 heteroatoms. The Morgan fingerprint density at radius 3 is 3.00 bits per heavy atom. The number of hydrogen-bond acceptors (Lipinski definition) is 3. The number of carboxylic acid groups (broad SMARTS) is 1. The summed E-state index contributed by atoms with van der Waals surface area (Å²) in [4.78, 5) is 13.1. The van der Waals surface area contributed by atoms with Gasteiger partial charge in [-0.05, 0) is 32.5 Å². The number of carbonyl (C=O) groups is 1. The zero-order chi connectivity index (χ0) is 13.7. The summed E-state index contributed by atoms with van der Waals surface area (Å²) in [5.74, 6) is 0.420. The normalized spacial score (nSPS) is 20.2. The first kappa shape index (κ1) is 13.9. The highest BCUT2D eigenvalue weighted by molar-refractivity contribution is 5.71. The first-order chi connectivity index (χ1) is 9.15. The second-order valence-electron chi connectivity index (χ2n) is 5.26. The SMILES string of the molecule is CN1CCCC(COc2ccccc2CC(=O)O)C1. The predicted molar refractivity (Wildman–Crippen MR) is 73.5 cm³/mol. The molecule has 1 unspecified atom stereocenters. The first-order valence-electron chi connectivity index (χ1n) is 6.76. The van der Waals surface area contributed by atoms with E-state index in [1.807, 2.05) is 24.3 Å². The summed E-state index contributed by atoms with van der Waals surface area (Å²) in [7, 11) is 2.13. The molecule has 2 rings (SSSR count). The summed E-state index contributed by atoms with van der Waals surface area (Å²) in [6.07, 6.45) is 2.41. The van der Waals surface area contributed by atoms with Crippen LogP contribution >= 0.6 is 0 Å². The number of ether oxygens (including phenoxy) is 1. The fourth-order valence-electron chi connectivity index (χ4n) is 2.57. The topological polar surface area (TPSA) is 49.8 Å². The molecular weight excluding hydrogens is 242 g/mol. The van der Waals surface area contributed by atoms with Gasteiger partial charge in [0.25, 0.3) is 0 Å². The van der Waals surface area contributed by atoms with E-state index in [1.54, 1.807) is 0 Å². The van der Waals surface area contributed by atoms with Gasteiger partial charge in [-0.3, -0.25) is 4.79 Å². The fourth-order valence-corrected chi connectivity index (χ4v) is 2.57. The average Bonchev–Trinajstić information content (AvgIpc) is 2.37. The quantitative estimate of drug-likeness (QED) is 0.883. The van der Waals surface area contributed by atoms with Crippen LogP contribution in [0, 0.1) is 5.92 Å². The lowest BCUT2D eigenvalue weighted by Crippen LogP contribution is -2.34. The molecule has 1 heterocycles. The van der Waals surface area contributed by atoms with E-state index >= 15 is 0 Å². The molecule has 1 aliphatic rings. The van der Waals surface area contributed by atoms with Crippen molar-refractivity contribution in [1.29, 1.82) is 0 Å². The van der Waals surface area contributed by atoms with E-state index < -0.39 is 5.97 Å². The number of benzene rings is 1. The Bertz CT molecular complexity index is 433. The third-order valence-corrected chi connectivity index (χ3v) is 3.51. The molecule has 0 amide bonds. The highest BCUT2D eigenvalue weighted by atomic mass is 16.5. The lowest BCUT2D eigenvalue weighted by atomic mass is 9.99. The first-order valence-corrected chi connectivity index (χ1v) is 6.76. The summed E-state index contributed by atoms with van der Waals surface area (Å²) in [6, 6.07) is 7.40. The number of nitrogens with zero attached hydrogens (tertiary/aromatic N) is 1. The minimum atomic E-state index is -0.826. The molecular formula is C15H21NO3. The van der Waals surface area contributed by atoms with Crippen LogP contribution in [0.2, 0.25) is 0 Å². The monoisotopic (exact) mass is 263 g/mol. The third kappa shape index (κ3) is 4.24. The molecule has 1 saturated heterocycles. The van der Waals surface area contributed by atoms with Gasteiger partial charge in [0.2, 0.25) is 0 Å². The van der Waals surface area contributed by atoms with Crippen molar-refractivity contribution < 1.29 is 14.6 Å². The lowest BCUT2D eigenvalue weighted by Gasteiger charge is -2.29. The predicted octanol–water partition coefficient (Wildman–Crippen LogP) is 2.03. The van der Waals surface area contributed by atoms with Gasteiger partial charge >= 0.3 is 5.97 Å². The van der Waals surface area contributed by atoms with Crippen LogP contribution in [0.15, 0.2) is 24.3 Å². The minimum absolute atomic E-state index is 0.0146. The minimum Gasteiger partial charge on any atom is -0.493 e. The maximum absolute atomic E-state index is 10.8. The molecule has 1 aromatic carbocycles. The van der Waals surface area contributed by atoms with E-state index in [-0.39, 0.29) is 6.42 Å². The Hall–Kier alpha value is -1.55. The molecule has 1 aliphatic heterocycles. The van der Waals surface area contributed by atoms with Crippen LogP contribution < -0.4 is 4.74 Å². The highest BCUT2D eigenvalue weighted by Gasteiger charge is 2.18. The van der Waals surface area contributed by atoms with Gasteiger partial charge < -0.3 is 14.7 Å². The van der Waals surface area contributed by atoms with Crippen LogP contribution in [-0.4, -0.2) is 42.7 Å². The maximum Gasteiger partial charge on any atom is 0.307 e. The number of hydrogen-bond donors (Lipinski definition) is 1. The van der Waals surface area contributed by atoms with E-state index in [0.717, 1.165) is 18.7 Å². The molecule has 1 fully saturated rings. The number of likely N-dealkylation sites (tertiary alicyclic amines) is 1. The van der Waals surface area contributed by atoms with Crippen molar-refractivity contribution in [2.75, 3.05) is 26.7 Å². The van der Waals surface area contributed by atoms with Crippen molar-refractivity contribution in [2.45, 2.75) is 19.3 Å². The van der Waals surface area contributed by atoms with Crippen LogP contribution in [0.3, 0.4) is 0 Å². The molecule has 0 aromatic heterocycles. The van der Waals surface area contributed by atoms with Crippen LogP contribution in [0.4, 0.5) is 0 Å². The summed E-state index contributed by atoms with van der Waals surface area (Å²) >= 11 is 0. The van der Waals surface area contributed by atoms with E-state index in [9.17, 15) is 4.79 Å². The Balaban J connectivity index is 1.93. The van der Waals surface area contributed by atoms with Gasteiger partial charge in [0.1, 0.15) is 5.75 Å². The Kier molecular flexibility index (Phi) is 4.80. The Morgan fingerprint density at radius 2 is 2.26 bits per heavy atom. The van der Waals surface area contributed by atoms with E-state index in [2.05, 4.69) is 11.9 Å². The Labute approximate surface area is 114 Å². The second kappa shape index (κ2) is 6.57. The molecule has 1 atom stereocenters. The van der Waals surface area contributed by atoms with Crippen LogP contribution in [0.5, 0.6) is 5.75 Å². The summed E-state index contributed by atoms with van der Waals surface area (Å²) in [5, 5.41) is 8.88. The van der Waals surface area contributed by atoms with Crippen molar-refractivity contribution in [3.8, 4) is 5.75 Å². The van der Waals surface area contributed by atoms with Crippen molar-refractivity contribution >= 4 is 5.97 Å².